The van der Waals surface area contributed by atoms with Gasteiger partial charge in [0.05, 0.1) is 24.4 Å². The van der Waals surface area contributed by atoms with E-state index in [-0.39, 0.29) is 12.0 Å². The van der Waals surface area contributed by atoms with Crippen molar-refractivity contribution in [3.8, 4) is 0 Å². The molecule has 0 aliphatic carbocycles. The van der Waals surface area contributed by atoms with E-state index in [1.807, 2.05) is 0 Å². The molecule has 3 aromatic heterocycles. The van der Waals surface area contributed by atoms with Gasteiger partial charge in [0.1, 0.15) is 5.51 Å². The minimum atomic E-state index is -0.880. The third kappa shape index (κ3) is 2.94. The maximum absolute atomic E-state index is 11.8. The predicted octanol–water partition coefficient (Wildman–Crippen LogP) is -0.192. The number of hydrogen-bond acceptors (Lipinski definition) is 7. The van der Waals surface area contributed by atoms with Crippen LogP contribution in [0.3, 0.4) is 0 Å². The highest BCUT2D eigenvalue weighted by molar-refractivity contribution is 7.14. The molecule has 0 aliphatic heterocycles. The first-order chi connectivity index (χ1) is 10.1. The molecular formula is C11H10N6O3S. The summed E-state index contributed by atoms with van der Waals surface area (Å²) in [4.78, 5) is 27.1. The van der Waals surface area contributed by atoms with Crippen LogP contribution in [-0.2, 0) is 17.8 Å². The number of aliphatic carboxylic acids is 1. The van der Waals surface area contributed by atoms with Crippen LogP contribution in [0.25, 0.3) is 4.96 Å². The minimum absolute atomic E-state index is 0.00507. The van der Waals surface area contributed by atoms with Crippen LogP contribution in [-0.4, -0.2) is 40.7 Å². The predicted molar refractivity (Wildman–Crippen MR) is 72.2 cm³/mol. The van der Waals surface area contributed by atoms with Crippen molar-refractivity contribution in [2.24, 2.45) is 0 Å². The second kappa shape index (κ2) is 5.40. The molecule has 1 N–H and O–H groups in total. The normalized spacial score (nSPS) is 11.0. The number of carbonyl (C=O) groups is 1. The van der Waals surface area contributed by atoms with Crippen LogP contribution in [0, 0.1) is 0 Å². The molecule has 0 radical (unpaired) electrons. The third-order valence-electron chi connectivity index (χ3n) is 2.75. The van der Waals surface area contributed by atoms with Crippen molar-refractivity contribution >= 4 is 22.3 Å². The average molecular weight is 306 g/mol. The van der Waals surface area contributed by atoms with E-state index in [9.17, 15) is 9.59 Å². The van der Waals surface area contributed by atoms with Crippen molar-refractivity contribution in [2.45, 2.75) is 19.4 Å². The second-order valence-electron chi connectivity index (χ2n) is 4.32. The van der Waals surface area contributed by atoms with Crippen LogP contribution in [0.4, 0.5) is 0 Å². The van der Waals surface area contributed by atoms with Crippen LogP contribution >= 0.6 is 11.3 Å². The van der Waals surface area contributed by atoms with Crippen molar-refractivity contribution in [1.29, 1.82) is 0 Å². The number of hydrogen-bond donors (Lipinski definition) is 1. The molecule has 0 fully saturated rings. The van der Waals surface area contributed by atoms with Gasteiger partial charge in [0.15, 0.2) is 0 Å². The Hall–Kier alpha value is -2.62. The van der Waals surface area contributed by atoms with Crippen molar-refractivity contribution in [1.82, 2.24) is 29.6 Å². The Bertz CT molecular complexity index is 851. The zero-order chi connectivity index (χ0) is 14.8. The van der Waals surface area contributed by atoms with Crippen LogP contribution in [0.1, 0.15) is 17.8 Å². The monoisotopic (exact) mass is 306 g/mol. The van der Waals surface area contributed by atoms with E-state index in [0.717, 1.165) is 0 Å². The van der Waals surface area contributed by atoms with Crippen molar-refractivity contribution in [3.63, 3.8) is 0 Å². The average Bonchev–Trinajstić information content (AvgIpc) is 3.05. The first kappa shape index (κ1) is 13.4. The summed E-state index contributed by atoms with van der Waals surface area (Å²) in [6.45, 7) is 0.295. The van der Waals surface area contributed by atoms with Gasteiger partial charge in [-0.1, -0.05) is 16.6 Å². The van der Waals surface area contributed by atoms with Crippen LogP contribution in [0.2, 0.25) is 0 Å². The number of carboxylic acids is 1. The molecule has 0 saturated carbocycles. The van der Waals surface area contributed by atoms with Crippen LogP contribution in [0.15, 0.2) is 22.6 Å². The molecule has 0 atom stereocenters. The SMILES string of the molecule is O=C(O)CCc1cn(Cc2cc(=O)n3ncsc3n2)nn1. The topological polar surface area (TPSA) is 115 Å². The number of nitrogens with zero attached hydrogens (tertiary/aromatic N) is 6. The molecule has 0 spiro atoms. The lowest BCUT2D eigenvalue weighted by Crippen LogP contribution is -2.16. The smallest absolute Gasteiger partial charge is 0.303 e. The summed E-state index contributed by atoms with van der Waals surface area (Å²) in [6.07, 6.45) is 1.98. The summed E-state index contributed by atoms with van der Waals surface area (Å²) in [7, 11) is 0. The number of aryl methyl sites for hydroxylation is 1. The fourth-order valence-electron chi connectivity index (χ4n) is 1.81. The molecule has 21 heavy (non-hydrogen) atoms. The molecule has 0 amide bonds. The quantitative estimate of drug-likeness (QED) is 0.694. The molecule has 0 bridgehead atoms. The van der Waals surface area contributed by atoms with Crippen molar-refractivity contribution < 1.29 is 9.90 Å². The van der Waals surface area contributed by atoms with Gasteiger partial charge in [0, 0.05) is 18.7 Å². The second-order valence-corrected chi connectivity index (χ2v) is 5.13. The summed E-state index contributed by atoms with van der Waals surface area (Å²) in [5.74, 6) is -0.880. The fraction of sp³-hybridized carbons (Fsp3) is 0.273. The number of fused-ring (bicyclic) bond motifs is 1. The number of aromatic nitrogens is 6. The summed E-state index contributed by atoms with van der Waals surface area (Å²) in [5, 5.41) is 20.3. The highest BCUT2D eigenvalue weighted by atomic mass is 32.1. The lowest BCUT2D eigenvalue weighted by Gasteiger charge is -1.99. The third-order valence-corrected chi connectivity index (χ3v) is 3.42. The van der Waals surface area contributed by atoms with Crippen LogP contribution < -0.4 is 5.56 Å². The van der Waals surface area contributed by atoms with Crippen LogP contribution in [0.5, 0.6) is 0 Å². The molecule has 108 valence electrons. The van der Waals surface area contributed by atoms with Gasteiger partial charge in [0.25, 0.3) is 5.56 Å². The van der Waals surface area contributed by atoms with Crippen molar-refractivity contribution in [2.75, 3.05) is 0 Å². The summed E-state index contributed by atoms with van der Waals surface area (Å²) in [5.41, 5.74) is 2.45. The maximum atomic E-state index is 11.8. The molecule has 9 nitrogen and oxygen atoms in total. The molecule has 10 heteroatoms. The Kier molecular flexibility index (Phi) is 3.44. The summed E-state index contributed by atoms with van der Waals surface area (Å²) in [6, 6.07) is 1.39. The summed E-state index contributed by atoms with van der Waals surface area (Å²) < 4.78 is 2.75. The largest absolute Gasteiger partial charge is 0.481 e. The van der Waals surface area contributed by atoms with Gasteiger partial charge in [-0.15, -0.1) is 5.10 Å². The molecule has 0 aromatic carbocycles. The number of carboxylic acid groups (broad SMARTS) is 1. The molecule has 3 aromatic rings. The first-order valence-corrected chi connectivity index (χ1v) is 6.93. The Morgan fingerprint density at radius 1 is 1.38 bits per heavy atom. The number of rotatable bonds is 5. The minimum Gasteiger partial charge on any atom is -0.481 e. The zero-order valence-corrected chi connectivity index (χ0v) is 11.5. The van der Waals surface area contributed by atoms with E-state index in [4.69, 9.17) is 5.11 Å². The molecule has 3 rings (SSSR count). The Labute approximate surface area is 121 Å². The van der Waals surface area contributed by atoms with Gasteiger partial charge in [-0.2, -0.15) is 9.61 Å². The van der Waals surface area contributed by atoms with E-state index in [0.29, 0.717) is 29.3 Å². The highest BCUT2D eigenvalue weighted by Gasteiger charge is 2.08. The summed E-state index contributed by atoms with van der Waals surface area (Å²) >= 11 is 1.27. The van der Waals surface area contributed by atoms with Gasteiger partial charge in [-0.05, 0) is 0 Å². The van der Waals surface area contributed by atoms with Gasteiger partial charge in [-0.3, -0.25) is 9.59 Å². The standard InChI is InChI=1S/C11H10N6O3S/c18-9-3-8(13-11-17(9)12-6-21-11)5-16-4-7(14-15-16)1-2-10(19)20/h3-4,6H,1-2,5H2,(H,19,20). The van der Waals surface area contributed by atoms with E-state index >= 15 is 0 Å². The first-order valence-electron chi connectivity index (χ1n) is 6.05. The Balaban J connectivity index is 1.78. The molecule has 3 heterocycles. The van der Waals surface area contributed by atoms with E-state index < -0.39 is 5.97 Å². The fourth-order valence-corrected chi connectivity index (χ4v) is 2.46. The lowest BCUT2D eigenvalue weighted by molar-refractivity contribution is -0.136. The molecule has 0 aliphatic rings. The van der Waals surface area contributed by atoms with E-state index in [2.05, 4.69) is 20.4 Å². The van der Waals surface area contributed by atoms with Gasteiger partial charge in [0.2, 0.25) is 4.96 Å². The molecule has 0 unspecified atom stereocenters. The van der Waals surface area contributed by atoms with Gasteiger partial charge < -0.3 is 5.11 Å². The lowest BCUT2D eigenvalue weighted by atomic mass is 10.2. The highest BCUT2D eigenvalue weighted by Crippen LogP contribution is 2.05. The van der Waals surface area contributed by atoms with Crippen molar-refractivity contribution in [3.05, 3.63) is 39.5 Å². The molecule has 0 saturated heterocycles. The Morgan fingerprint density at radius 2 is 2.24 bits per heavy atom. The van der Waals surface area contributed by atoms with Gasteiger partial charge in [-0.25, -0.2) is 9.67 Å². The van der Waals surface area contributed by atoms with E-state index in [1.54, 1.807) is 11.7 Å². The molecular weight excluding hydrogens is 296 g/mol. The Morgan fingerprint density at radius 3 is 3.05 bits per heavy atom. The van der Waals surface area contributed by atoms with Gasteiger partial charge >= 0.3 is 5.97 Å². The van der Waals surface area contributed by atoms with E-state index in [1.165, 1.54) is 26.6 Å². The zero-order valence-electron chi connectivity index (χ0n) is 10.7. The maximum Gasteiger partial charge on any atom is 0.303 e.